The highest BCUT2D eigenvalue weighted by atomic mass is 35.5. The van der Waals surface area contributed by atoms with Gasteiger partial charge < -0.3 is 25.0 Å². The van der Waals surface area contributed by atoms with Crippen LogP contribution in [0.4, 0.5) is 24.7 Å². The number of nitrogens with one attached hydrogen (secondary N) is 2. The Bertz CT molecular complexity index is 1430. The van der Waals surface area contributed by atoms with Crippen molar-refractivity contribution >= 4 is 29.0 Å². The molecule has 41 heavy (non-hydrogen) atoms. The van der Waals surface area contributed by atoms with Gasteiger partial charge in [-0.2, -0.15) is 18.2 Å². The molecular formula is C28H30ClF3N6O3. The zero-order valence-corrected chi connectivity index (χ0v) is 23.4. The molecule has 1 saturated heterocycles. The van der Waals surface area contributed by atoms with Crippen LogP contribution in [0.3, 0.4) is 0 Å². The maximum Gasteiger partial charge on any atom is 0.416 e. The van der Waals surface area contributed by atoms with Gasteiger partial charge in [0, 0.05) is 49.5 Å². The van der Waals surface area contributed by atoms with E-state index in [0.29, 0.717) is 43.4 Å². The number of benzene rings is 2. The summed E-state index contributed by atoms with van der Waals surface area (Å²) in [5.74, 6) is 0.463. The summed E-state index contributed by atoms with van der Waals surface area (Å²) in [5.41, 5.74) is -0.0122. The Hall–Kier alpha value is -3.61. The summed E-state index contributed by atoms with van der Waals surface area (Å²) in [4.78, 5) is 25.8. The number of hydrogen-bond donors (Lipinski definition) is 2. The number of ether oxygens (including phenoxy) is 2. The van der Waals surface area contributed by atoms with Crippen LogP contribution in [0, 0.1) is 6.92 Å². The van der Waals surface area contributed by atoms with Crippen molar-refractivity contribution < 1.29 is 27.4 Å². The number of likely N-dealkylation sites (N-methyl/N-ethyl adjacent to an activating group) is 1. The number of piperazine rings is 1. The summed E-state index contributed by atoms with van der Waals surface area (Å²) in [6.45, 7) is 8.81. The topological polar surface area (TPSA) is 91.9 Å². The van der Waals surface area contributed by atoms with Crippen molar-refractivity contribution in [3.05, 3.63) is 63.9 Å². The van der Waals surface area contributed by atoms with E-state index in [1.165, 1.54) is 30.6 Å². The van der Waals surface area contributed by atoms with Crippen molar-refractivity contribution in [3.8, 4) is 17.4 Å². The third-order valence-electron chi connectivity index (χ3n) is 7.19. The lowest BCUT2D eigenvalue weighted by atomic mass is 10.0. The molecule has 2 N–H and O–H groups in total. The summed E-state index contributed by atoms with van der Waals surface area (Å²) in [6, 6.07) is 6.87. The Kier molecular flexibility index (Phi) is 8.52. The van der Waals surface area contributed by atoms with E-state index in [1.54, 1.807) is 6.92 Å². The second-order valence-electron chi connectivity index (χ2n) is 9.82. The zero-order chi connectivity index (χ0) is 29.1. The van der Waals surface area contributed by atoms with E-state index in [1.807, 2.05) is 4.90 Å². The quantitative estimate of drug-likeness (QED) is 0.376. The normalized spacial score (nSPS) is 16.0. The van der Waals surface area contributed by atoms with E-state index in [-0.39, 0.29) is 40.0 Å². The lowest BCUT2D eigenvalue weighted by Gasteiger charge is -2.34. The first-order valence-electron chi connectivity index (χ1n) is 13.3. The smallest absolute Gasteiger partial charge is 0.416 e. The van der Waals surface area contributed by atoms with E-state index in [4.69, 9.17) is 21.1 Å². The molecule has 3 heterocycles. The van der Waals surface area contributed by atoms with Gasteiger partial charge in [0.2, 0.25) is 5.75 Å². The van der Waals surface area contributed by atoms with Gasteiger partial charge in [-0.1, -0.05) is 24.6 Å². The second kappa shape index (κ2) is 12.1. The molecule has 9 nitrogen and oxygen atoms in total. The third-order valence-corrected chi connectivity index (χ3v) is 7.49. The van der Waals surface area contributed by atoms with Gasteiger partial charge in [0.05, 0.1) is 17.1 Å². The largest absolute Gasteiger partial charge is 0.483 e. The molecule has 0 atom stereocenters. The van der Waals surface area contributed by atoms with Gasteiger partial charge in [-0.15, -0.1) is 0 Å². The van der Waals surface area contributed by atoms with E-state index in [2.05, 4.69) is 32.4 Å². The van der Waals surface area contributed by atoms with Crippen LogP contribution in [0.2, 0.25) is 5.02 Å². The number of fused-ring (bicyclic) bond motifs is 1. The fourth-order valence-corrected chi connectivity index (χ4v) is 5.14. The number of carbonyl (C=O) groups is 1. The van der Waals surface area contributed by atoms with Gasteiger partial charge in [-0.05, 0) is 43.3 Å². The number of rotatable bonds is 7. The van der Waals surface area contributed by atoms with E-state index in [9.17, 15) is 18.0 Å². The SMILES string of the molecule is CCN1CCN(Cc2ccc(NC(=O)c3ccc(Cl)c(Oc4ncnc5c4OCCN5)c3C)cc2C(F)(F)F)CC1. The highest BCUT2D eigenvalue weighted by molar-refractivity contribution is 6.32. The first kappa shape index (κ1) is 28.9. The minimum atomic E-state index is -4.58. The van der Waals surface area contributed by atoms with Crippen LogP contribution in [0.1, 0.15) is 34.0 Å². The van der Waals surface area contributed by atoms with Crippen LogP contribution in [0.15, 0.2) is 36.7 Å². The van der Waals surface area contributed by atoms with Crippen LogP contribution in [-0.2, 0) is 12.7 Å². The molecule has 0 saturated carbocycles. The molecule has 0 aliphatic carbocycles. The first-order chi connectivity index (χ1) is 19.6. The van der Waals surface area contributed by atoms with Gasteiger partial charge in [0.25, 0.3) is 11.8 Å². The average Bonchev–Trinajstić information content (AvgIpc) is 2.96. The molecular weight excluding hydrogens is 561 g/mol. The minimum absolute atomic E-state index is 0.0306. The van der Waals surface area contributed by atoms with Crippen molar-refractivity contribution in [2.45, 2.75) is 26.6 Å². The molecule has 2 aromatic carbocycles. The summed E-state index contributed by atoms with van der Waals surface area (Å²) >= 11 is 6.40. The highest BCUT2D eigenvalue weighted by Gasteiger charge is 2.34. The van der Waals surface area contributed by atoms with Crippen molar-refractivity contribution in [3.63, 3.8) is 0 Å². The van der Waals surface area contributed by atoms with Crippen LogP contribution in [0.5, 0.6) is 17.4 Å². The molecule has 2 aliphatic rings. The lowest BCUT2D eigenvalue weighted by molar-refractivity contribution is -0.138. The van der Waals surface area contributed by atoms with Gasteiger partial charge in [0.15, 0.2) is 11.6 Å². The van der Waals surface area contributed by atoms with E-state index < -0.39 is 17.6 Å². The molecule has 0 unspecified atom stereocenters. The highest BCUT2D eigenvalue weighted by Crippen LogP contribution is 2.40. The zero-order valence-electron chi connectivity index (χ0n) is 22.6. The fourth-order valence-electron chi connectivity index (χ4n) is 4.89. The first-order valence-corrected chi connectivity index (χ1v) is 13.7. The maximum absolute atomic E-state index is 14.1. The molecule has 1 amide bonds. The van der Waals surface area contributed by atoms with Crippen LogP contribution >= 0.6 is 11.6 Å². The molecule has 0 spiro atoms. The van der Waals surface area contributed by atoms with Crippen LogP contribution in [0.25, 0.3) is 0 Å². The molecule has 1 fully saturated rings. The van der Waals surface area contributed by atoms with Gasteiger partial charge in [-0.25, -0.2) is 4.98 Å². The summed E-state index contributed by atoms with van der Waals surface area (Å²) in [5, 5.41) is 5.90. The Morgan fingerprint density at radius 2 is 1.90 bits per heavy atom. The van der Waals surface area contributed by atoms with Crippen molar-refractivity contribution in [2.75, 3.05) is 56.5 Å². The predicted molar refractivity (Wildman–Crippen MR) is 149 cm³/mol. The van der Waals surface area contributed by atoms with Gasteiger partial charge >= 0.3 is 6.18 Å². The van der Waals surface area contributed by atoms with Crippen LogP contribution in [-0.4, -0.2) is 71.6 Å². The van der Waals surface area contributed by atoms with E-state index in [0.717, 1.165) is 25.7 Å². The van der Waals surface area contributed by atoms with Crippen LogP contribution < -0.4 is 20.1 Å². The summed E-state index contributed by atoms with van der Waals surface area (Å²) in [6.07, 6.45) is -3.27. The van der Waals surface area contributed by atoms with Gasteiger partial charge in [0.1, 0.15) is 12.9 Å². The standard InChI is InChI=1S/C28H30ClF3N6O3/c1-3-37-9-11-38(12-10-37)15-18-4-5-19(14-21(18)28(30,31)32)36-26(39)20-6-7-22(29)23(17(20)2)41-27-24-25(34-16-35-27)33-8-13-40-24/h4-7,14,16H,3,8-13,15H2,1-2H3,(H,36,39)(H,33,34,35). The molecule has 1 aromatic heterocycles. The molecule has 0 radical (unpaired) electrons. The number of nitrogens with zero attached hydrogens (tertiary/aromatic N) is 4. The monoisotopic (exact) mass is 590 g/mol. The Labute approximate surface area is 240 Å². The second-order valence-corrected chi connectivity index (χ2v) is 10.2. The number of aromatic nitrogens is 2. The Morgan fingerprint density at radius 1 is 1.15 bits per heavy atom. The van der Waals surface area contributed by atoms with Crippen molar-refractivity contribution in [2.24, 2.45) is 0 Å². The fraction of sp³-hybridized carbons (Fsp3) is 0.393. The van der Waals surface area contributed by atoms with Crippen molar-refractivity contribution in [1.82, 2.24) is 19.8 Å². The van der Waals surface area contributed by atoms with E-state index >= 15 is 0 Å². The van der Waals surface area contributed by atoms with Gasteiger partial charge in [-0.3, -0.25) is 9.69 Å². The minimum Gasteiger partial charge on any atom is -0.483 e. The molecule has 3 aromatic rings. The number of carbonyl (C=O) groups excluding carboxylic acids is 1. The Balaban J connectivity index is 1.36. The number of hydrogen-bond acceptors (Lipinski definition) is 8. The maximum atomic E-state index is 14.1. The number of halogens is 4. The summed E-state index contributed by atoms with van der Waals surface area (Å²) < 4.78 is 53.8. The lowest BCUT2D eigenvalue weighted by Crippen LogP contribution is -2.45. The number of alkyl halides is 3. The molecule has 218 valence electrons. The average molecular weight is 591 g/mol. The molecule has 5 rings (SSSR count). The predicted octanol–water partition coefficient (Wildman–Crippen LogP) is 5.44. The van der Waals surface area contributed by atoms with Crippen molar-refractivity contribution in [1.29, 1.82) is 0 Å². The Morgan fingerprint density at radius 3 is 2.63 bits per heavy atom. The molecule has 0 bridgehead atoms. The number of anilines is 2. The molecule has 13 heteroatoms. The number of amides is 1. The summed E-state index contributed by atoms with van der Waals surface area (Å²) in [7, 11) is 0. The molecule has 2 aliphatic heterocycles. The third kappa shape index (κ3) is 6.50.